The molecule has 1 fully saturated rings. The number of nitrogens with zero attached hydrogens (tertiary/aromatic N) is 1. The van der Waals surface area contributed by atoms with Gasteiger partial charge in [0.25, 0.3) is 0 Å². The van der Waals surface area contributed by atoms with E-state index in [1.165, 1.54) is 0 Å². The second-order valence-corrected chi connectivity index (χ2v) is 5.18. The first kappa shape index (κ1) is 12.1. The van der Waals surface area contributed by atoms with Crippen LogP contribution in [0.3, 0.4) is 0 Å². The minimum absolute atomic E-state index is 0.00296. The van der Waals surface area contributed by atoms with Gasteiger partial charge in [-0.1, -0.05) is 13.8 Å². The van der Waals surface area contributed by atoms with Crippen LogP contribution in [0.4, 0.5) is 5.82 Å². The Kier molecular flexibility index (Phi) is 3.19. The quantitative estimate of drug-likeness (QED) is 0.746. The largest absolute Gasteiger partial charge is 0.308 e. The smallest absolute Gasteiger partial charge is 0.245 e. The molecule has 1 unspecified atom stereocenters. The van der Waals surface area contributed by atoms with Crippen molar-refractivity contribution in [3.63, 3.8) is 0 Å². The summed E-state index contributed by atoms with van der Waals surface area (Å²) in [5.41, 5.74) is 0.585. The van der Waals surface area contributed by atoms with Crippen molar-refractivity contribution < 1.29 is 4.79 Å². The summed E-state index contributed by atoms with van der Waals surface area (Å²) in [6.07, 6.45) is 1.92. The number of aromatic amines is 1. The van der Waals surface area contributed by atoms with E-state index >= 15 is 0 Å². The first-order valence-corrected chi connectivity index (χ1v) is 6.13. The van der Waals surface area contributed by atoms with Gasteiger partial charge in [-0.25, -0.2) is 0 Å². The molecule has 94 valence electrons. The summed E-state index contributed by atoms with van der Waals surface area (Å²) in [7, 11) is 0. The number of rotatable bonds is 3. The molecule has 1 aromatic heterocycles. The molecule has 0 bridgehead atoms. The maximum atomic E-state index is 12.1. The first-order chi connectivity index (χ1) is 8.01. The Labute approximate surface area is 101 Å². The van der Waals surface area contributed by atoms with E-state index in [-0.39, 0.29) is 5.91 Å². The van der Waals surface area contributed by atoms with Crippen LogP contribution in [0.1, 0.15) is 45.2 Å². The molecule has 2 rings (SSSR count). The highest BCUT2D eigenvalue weighted by Crippen LogP contribution is 2.21. The van der Waals surface area contributed by atoms with E-state index in [0.717, 1.165) is 25.1 Å². The molecule has 3 N–H and O–H groups in total. The SMILES string of the molecule is CC(C)c1cc(NC(=O)C2(C)CCCN2)n[nH]1. The molecular weight excluding hydrogens is 216 g/mol. The van der Waals surface area contributed by atoms with Crippen LogP contribution < -0.4 is 10.6 Å². The van der Waals surface area contributed by atoms with Gasteiger partial charge in [0.05, 0.1) is 5.54 Å². The summed E-state index contributed by atoms with van der Waals surface area (Å²) >= 11 is 0. The number of anilines is 1. The molecule has 5 heteroatoms. The molecule has 0 aliphatic carbocycles. The zero-order chi connectivity index (χ0) is 12.5. The average molecular weight is 236 g/mol. The van der Waals surface area contributed by atoms with Crippen LogP contribution in [0, 0.1) is 0 Å². The van der Waals surface area contributed by atoms with Crippen molar-refractivity contribution in [3.8, 4) is 0 Å². The normalized spacial score (nSPS) is 24.2. The maximum Gasteiger partial charge on any atom is 0.245 e. The molecule has 1 saturated heterocycles. The Morgan fingerprint density at radius 3 is 2.88 bits per heavy atom. The van der Waals surface area contributed by atoms with Gasteiger partial charge < -0.3 is 10.6 Å². The number of H-pyrrole nitrogens is 1. The molecular formula is C12H20N4O. The Hall–Kier alpha value is -1.36. The van der Waals surface area contributed by atoms with Crippen molar-refractivity contribution in [1.82, 2.24) is 15.5 Å². The maximum absolute atomic E-state index is 12.1. The van der Waals surface area contributed by atoms with Crippen molar-refractivity contribution in [2.75, 3.05) is 11.9 Å². The highest BCUT2D eigenvalue weighted by Gasteiger charge is 2.36. The van der Waals surface area contributed by atoms with Crippen LogP contribution in [0.25, 0.3) is 0 Å². The van der Waals surface area contributed by atoms with Crippen LogP contribution in [-0.2, 0) is 4.79 Å². The van der Waals surface area contributed by atoms with E-state index in [9.17, 15) is 4.79 Å². The number of carbonyl (C=O) groups is 1. The summed E-state index contributed by atoms with van der Waals surface area (Å²) in [4.78, 5) is 12.1. The molecule has 1 aromatic rings. The zero-order valence-electron chi connectivity index (χ0n) is 10.6. The number of hydrogen-bond acceptors (Lipinski definition) is 3. The molecule has 1 aliphatic rings. The fourth-order valence-corrected chi connectivity index (χ4v) is 2.04. The molecule has 1 amide bonds. The van der Waals surface area contributed by atoms with Crippen LogP contribution in [0.2, 0.25) is 0 Å². The number of hydrogen-bond donors (Lipinski definition) is 3. The van der Waals surface area contributed by atoms with Crippen LogP contribution >= 0.6 is 0 Å². The zero-order valence-corrected chi connectivity index (χ0v) is 10.6. The number of carbonyl (C=O) groups excluding carboxylic acids is 1. The van der Waals surface area contributed by atoms with Crippen molar-refractivity contribution >= 4 is 11.7 Å². The third-order valence-corrected chi connectivity index (χ3v) is 3.33. The van der Waals surface area contributed by atoms with Gasteiger partial charge in [0.1, 0.15) is 0 Å². The Morgan fingerprint density at radius 2 is 2.35 bits per heavy atom. The number of amides is 1. The Morgan fingerprint density at radius 1 is 1.59 bits per heavy atom. The molecule has 0 saturated carbocycles. The summed E-state index contributed by atoms with van der Waals surface area (Å²) in [6.45, 7) is 7.00. The van der Waals surface area contributed by atoms with Crippen molar-refractivity contribution in [2.45, 2.75) is 45.1 Å². The highest BCUT2D eigenvalue weighted by molar-refractivity contribution is 5.97. The molecule has 17 heavy (non-hydrogen) atoms. The van der Waals surface area contributed by atoms with Gasteiger partial charge in [0, 0.05) is 11.8 Å². The van der Waals surface area contributed by atoms with Crippen LogP contribution in [0.15, 0.2) is 6.07 Å². The monoisotopic (exact) mass is 236 g/mol. The van der Waals surface area contributed by atoms with Crippen LogP contribution in [-0.4, -0.2) is 28.2 Å². The van der Waals surface area contributed by atoms with Crippen LogP contribution in [0.5, 0.6) is 0 Å². The predicted octanol–water partition coefficient (Wildman–Crippen LogP) is 1.61. The van der Waals surface area contributed by atoms with Gasteiger partial charge in [0.15, 0.2) is 5.82 Å². The van der Waals surface area contributed by atoms with Gasteiger partial charge in [0.2, 0.25) is 5.91 Å². The molecule has 1 aliphatic heterocycles. The molecule has 5 nitrogen and oxygen atoms in total. The lowest BCUT2D eigenvalue weighted by Gasteiger charge is -2.22. The third kappa shape index (κ3) is 2.49. The predicted molar refractivity (Wildman–Crippen MR) is 66.9 cm³/mol. The van der Waals surface area contributed by atoms with Gasteiger partial charge >= 0.3 is 0 Å². The Balaban J connectivity index is 2.02. The third-order valence-electron chi connectivity index (χ3n) is 3.33. The fourth-order valence-electron chi connectivity index (χ4n) is 2.04. The highest BCUT2D eigenvalue weighted by atomic mass is 16.2. The molecule has 1 atom stereocenters. The molecule has 0 spiro atoms. The molecule has 0 radical (unpaired) electrons. The van der Waals surface area contributed by atoms with E-state index in [1.807, 2.05) is 13.0 Å². The van der Waals surface area contributed by atoms with Gasteiger partial charge in [-0.15, -0.1) is 0 Å². The minimum Gasteiger partial charge on any atom is -0.308 e. The fraction of sp³-hybridized carbons (Fsp3) is 0.667. The van der Waals surface area contributed by atoms with Crippen molar-refractivity contribution in [3.05, 3.63) is 11.8 Å². The lowest BCUT2D eigenvalue weighted by molar-refractivity contribution is -0.121. The van der Waals surface area contributed by atoms with Gasteiger partial charge in [-0.05, 0) is 32.2 Å². The van der Waals surface area contributed by atoms with E-state index in [4.69, 9.17) is 0 Å². The van der Waals surface area contributed by atoms with Gasteiger partial charge in [-0.3, -0.25) is 9.89 Å². The lowest BCUT2D eigenvalue weighted by Crippen LogP contribution is -2.48. The number of nitrogens with one attached hydrogen (secondary N) is 3. The first-order valence-electron chi connectivity index (χ1n) is 6.13. The molecule has 0 aromatic carbocycles. The van der Waals surface area contributed by atoms with E-state index in [0.29, 0.717) is 11.7 Å². The minimum atomic E-state index is -0.447. The van der Waals surface area contributed by atoms with E-state index in [2.05, 4.69) is 34.7 Å². The van der Waals surface area contributed by atoms with Crippen molar-refractivity contribution in [1.29, 1.82) is 0 Å². The topological polar surface area (TPSA) is 69.8 Å². The van der Waals surface area contributed by atoms with E-state index in [1.54, 1.807) is 0 Å². The second kappa shape index (κ2) is 4.49. The van der Waals surface area contributed by atoms with E-state index < -0.39 is 5.54 Å². The summed E-state index contributed by atoms with van der Waals surface area (Å²) in [5, 5.41) is 13.1. The number of aromatic nitrogens is 2. The summed E-state index contributed by atoms with van der Waals surface area (Å²) in [6, 6.07) is 1.89. The van der Waals surface area contributed by atoms with Gasteiger partial charge in [-0.2, -0.15) is 5.10 Å². The lowest BCUT2D eigenvalue weighted by atomic mass is 9.99. The average Bonchev–Trinajstić information content (AvgIpc) is 2.88. The molecule has 2 heterocycles. The standard InChI is InChI=1S/C12H20N4O/c1-8(2)9-7-10(16-15-9)14-11(17)12(3)5-4-6-13-12/h7-8,13H,4-6H2,1-3H3,(H2,14,15,16,17). The summed E-state index contributed by atoms with van der Waals surface area (Å²) < 4.78 is 0. The second-order valence-electron chi connectivity index (χ2n) is 5.18. The Bertz CT molecular complexity index is 404. The summed E-state index contributed by atoms with van der Waals surface area (Å²) in [5.74, 6) is 0.985. The van der Waals surface area contributed by atoms with Crippen molar-refractivity contribution in [2.24, 2.45) is 0 Å².